The fraction of sp³-hybridized carbons (Fsp3) is 0.455. The second kappa shape index (κ2) is 6.07. The fourth-order valence-corrected chi connectivity index (χ4v) is 3.02. The topological polar surface area (TPSA) is 87.6 Å². The first-order valence-electron chi connectivity index (χ1n) is 5.56. The summed E-state index contributed by atoms with van der Waals surface area (Å²) in [6, 6.07) is 0.817. The van der Waals surface area contributed by atoms with Crippen LogP contribution in [-0.4, -0.2) is 41.9 Å². The first-order valence-corrected chi connectivity index (χ1v) is 7.00. The molecule has 0 aliphatic rings. The summed E-state index contributed by atoms with van der Waals surface area (Å²) in [5, 5.41) is 8.77. The Kier molecular flexibility index (Phi) is 4.96. The summed E-state index contributed by atoms with van der Waals surface area (Å²) in [7, 11) is -4.06. The Bertz CT molecular complexity index is 560. The first-order chi connectivity index (χ1) is 8.73. The molecule has 0 bridgehead atoms. The summed E-state index contributed by atoms with van der Waals surface area (Å²) in [5.41, 5.74) is 0. The average molecular weight is 290 g/mol. The van der Waals surface area contributed by atoms with E-state index in [1.807, 2.05) is 0 Å². The molecule has 0 aliphatic heterocycles. The second-order valence-corrected chi connectivity index (χ2v) is 6.36. The van der Waals surface area contributed by atoms with Crippen molar-refractivity contribution in [2.45, 2.75) is 18.7 Å². The van der Waals surface area contributed by atoms with Crippen LogP contribution >= 0.6 is 0 Å². The number of carbonyl (C=O) groups is 1. The monoisotopic (exact) mass is 290 g/mol. The SMILES string of the molecule is CC(C)CN(CC(=O)O)S(=O)(=O)c1cncc(F)c1. The maximum Gasteiger partial charge on any atom is 0.318 e. The molecule has 0 saturated carbocycles. The van der Waals surface area contributed by atoms with E-state index in [4.69, 9.17) is 5.11 Å². The van der Waals surface area contributed by atoms with Crippen molar-refractivity contribution in [1.29, 1.82) is 0 Å². The van der Waals surface area contributed by atoms with Gasteiger partial charge in [-0.15, -0.1) is 0 Å². The minimum Gasteiger partial charge on any atom is -0.480 e. The van der Waals surface area contributed by atoms with Crippen LogP contribution in [0.1, 0.15) is 13.8 Å². The van der Waals surface area contributed by atoms with Crippen molar-refractivity contribution in [2.24, 2.45) is 5.92 Å². The molecule has 0 unspecified atom stereocenters. The smallest absolute Gasteiger partial charge is 0.318 e. The third-order valence-electron chi connectivity index (χ3n) is 2.20. The van der Waals surface area contributed by atoms with Gasteiger partial charge in [-0.2, -0.15) is 4.31 Å². The molecule has 1 heterocycles. The zero-order chi connectivity index (χ0) is 14.6. The van der Waals surface area contributed by atoms with Crippen molar-refractivity contribution in [3.05, 3.63) is 24.3 Å². The summed E-state index contributed by atoms with van der Waals surface area (Å²) in [6.45, 7) is 2.88. The van der Waals surface area contributed by atoms with E-state index in [1.165, 1.54) is 0 Å². The zero-order valence-corrected chi connectivity index (χ0v) is 11.4. The highest BCUT2D eigenvalue weighted by atomic mass is 32.2. The predicted molar refractivity (Wildman–Crippen MR) is 65.4 cm³/mol. The van der Waals surface area contributed by atoms with Gasteiger partial charge in [-0.1, -0.05) is 13.8 Å². The van der Waals surface area contributed by atoms with Crippen LogP contribution in [0.15, 0.2) is 23.4 Å². The van der Waals surface area contributed by atoms with E-state index < -0.39 is 28.4 Å². The molecule has 0 aromatic carbocycles. The lowest BCUT2D eigenvalue weighted by Crippen LogP contribution is -2.38. The standard InChI is InChI=1S/C11H15FN2O4S/c1-8(2)6-14(7-11(15)16)19(17,18)10-3-9(12)4-13-5-10/h3-5,8H,6-7H2,1-2H3,(H,15,16). The maximum atomic E-state index is 13.0. The number of hydrogen-bond donors (Lipinski definition) is 1. The fourth-order valence-electron chi connectivity index (χ4n) is 1.49. The quantitative estimate of drug-likeness (QED) is 0.843. The van der Waals surface area contributed by atoms with Gasteiger partial charge in [0.05, 0.1) is 6.20 Å². The lowest BCUT2D eigenvalue weighted by Gasteiger charge is -2.21. The van der Waals surface area contributed by atoms with Gasteiger partial charge >= 0.3 is 5.97 Å². The lowest BCUT2D eigenvalue weighted by atomic mass is 10.2. The zero-order valence-electron chi connectivity index (χ0n) is 10.6. The Morgan fingerprint density at radius 2 is 2.11 bits per heavy atom. The number of nitrogens with zero attached hydrogens (tertiary/aromatic N) is 2. The molecule has 6 nitrogen and oxygen atoms in total. The van der Waals surface area contributed by atoms with Crippen molar-refractivity contribution in [3.63, 3.8) is 0 Å². The predicted octanol–water partition coefficient (Wildman–Crippen LogP) is 0.952. The molecule has 19 heavy (non-hydrogen) atoms. The molecule has 1 aromatic heterocycles. The molecule has 0 saturated heterocycles. The van der Waals surface area contributed by atoms with E-state index in [0.717, 1.165) is 22.8 Å². The van der Waals surface area contributed by atoms with Gasteiger partial charge in [0.2, 0.25) is 10.0 Å². The second-order valence-electron chi connectivity index (χ2n) is 4.42. The molecule has 1 rings (SSSR count). The Morgan fingerprint density at radius 1 is 1.47 bits per heavy atom. The molecule has 0 amide bonds. The largest absolute Gasteiger partial charge is 0.480 e. The molecule has 1 N–H and O–H groups in total. The number of pyridine rings is 1. The molecule has 0 fully saturated rings. The highest BCUT2D eigenvalue weighted by Gasteiger charge is 2.27. The highest BCUT2D eigenvalue weighted by Crippen LogP contribution is 2.16. The Morgan fingerprint density at radius 3 is 2.58 bits per heavy atom. The minimum atomic E-state index is -4.06. The molecular weight excluding hydrogens is 275 g/mol. The van der Waals surface area contributed by atoms with Crippen LogP contribution in [0, 0.1) is 11.7 Å². The van der Waals surface area contributed by atoms with E-state index >= 15 is 0 Å². The van der Waals surface area contributed by atoms with Crippen LogP contribution in [0.2, 0.25) is 0 Å². The van der Waals surface area contributed by atoms with E-state index in [2.05, 4.69) is 4.98 Å². The molecule has 1 aromatic rings. The van der Waals surface area contributed by atoms with Gasteiger partial charge in [-0.3, -0.25) is 9.78 Å². The number of rotatable bonds is 6. The lowest BCUT2D eigenvalue weighted by molar-refractivity contribution is -0.137. The van der Waals surface area contributed by atoms with Crippen molar-refractivity contribution in [1.82, 2.24) is 9.29 Å². The highest BCUT2D eigenvalue weighted by molar-refractivity contribution is 7.89. The van der Waals surface area contributed by atoms with Crippen molar-refractivity contribution < 1.29 is 22.7 Å². The van der Waals surface area contributed by atoms with E-state index in [0.29, 0.717) is 0 Å². The number of sulfonamides is 1. The molecule has 0 spiro atoms. The van der Waals surface area contributed by atoms with Gasteiger partial charge in [-0.05, 0) is 12.0 Å². The summed E-state index contributed by atoms with van der Waals surface area (Å²) < 4.78 is 38.2. The van der Waals surface area contributed by atoms with Gasteiger partial charge in [0.15, 0.2) is 0 Å². The number of aromatic nitrogens is 1. The van der Waals surface area contributed by atoms with Crippen LogP contribution in [0.5, 0.6) is 0 Å². The number of carboxylic acid groups (broad SMARTS) is 1. The van der Waals surface area contributed by atoms with Gasteiger partial charge in [-0.25, -0.2) is 12.8 Å². The molecular formula is C11H15FN2O4S. The Balaban J connectivity index is 3.15. The summed E-state index contributed by atoms with van der Waals surface area (Å²) >= 11 is 0. The number of carboxylic acids is 1. The molecule has 106 valence electrons. The van der Waals surface area contributed by atoms with Gasteiger partial charge in [0.25, 0.3) is 0 Å². The van der Waals surface area contributed by atoms with Crippen LogP contribution < -0.4 is 0 Å². The Hall–Kier alpha value is -1.54. The van der Waals surface area contributed by atoms with E-state index in [9.17, 15) is 17.6 Å². The summed E-state index contributed by atoms with van der Waals surface area (Å²) in [6.07, 6.45) is 1.87. The Labute approximate surface area is 110 Å². The van der Waals surface area contributed by atoms with Crippen LogP contribution in [0.4, 0.5) is 4.39 Å². The minimum absolute atomic E-state index is 0.0329. The third kappa shape index (κ3) is 4.25. The summed E-state index contributed by atoms with van der Waals surface area (Å²) in [4.78, 5) is 13.9. The van der Waals surface area contributed by atoms with Crippen molar-refractivity contribution in [2.75, 3.05) is 13.1 Å². The van der Waals surface area contributed by atoms with Gasteiger partial charge < -0.3 is 5.11 Å². The third-order valence-corrected chi connectivity index (χ3v) is 3.97. The normalized spacial score (nSPS) is 12.1. The van der Waals surface area contributed by atoms with Crippen molar-refractivity contribution in [3.8, 4) is 0 Å². The number of halogens is 1. The molecule has 0 atom stereocenters. The maximum absolute atomic E-state index is 13.0. The van der Waals surface area contributed by atoms with Crippen LogP contribution in [-0.2, 0) is 14.8 Å². The molecule has 8 heteroatoms. The molecule has 0 aliphatic carbocycles. The average Bonchev–Trinajstić information content (AvgIpc) is 2.26. The first kappa shape index (κ1) is 15.5. The molecule has 0 radical (unpaired) electrons. The summed E-state index contributed by atoms with van der Waals surface area (Å²) in [5.74, 6) is -2.12. The number of hydrogen-bond acceptors (Lipinski definition) is 4. The van der Waals surface area contributed by atoms with E-state index in [-0.39, 0.29) is 17.4 Å². The van der Waals surface area contributed by atoms with E-state index in [1.54, 1.807) is 13.8 Å². The van der Waals surface area contributed by atoms with Gasteiger partial charge in [0.1, 0.15) is 17.3 Å². The van der Waals surface area contributed by atoms with Crippen LogP contribution in [0.25, 0.3) is 0 Å². The number of aliphatic carboxylic acids is 1. The van der Waals surface area contributed by atoms with Crippen molar-refractivity contribution >= 4 is 16.0 Å². The van der Waals surface area contributed by atoms with Crippen LogP contribution in [0.3, 0.4) is 0 Å². The van der Waals surface area contributed by atoms with Gasteiger partial charge in [0, 0.05) is 12.7 Å².